The van der Waals surface area contributed by atoms with Crippen molar-refractivity contribution >= 4 is 11.6 Å². The molecule has 132 valence electrons. The van der Waals surface area contributed by atoms with E-state index < -0.39 is 4.92 Å². The van der Waals surface area contributed by atoms with Crippen molar-refractivity contribution in [1.82, 2.24) is 5.32 Å². The van der Waals surface area contributed by atoms with Crippen molar-refractivity contribution in [1.29, 1.82) is 0 Å². The van der Waals surface area contributed by atoms with Crippen LogP contribution in [0.3, 0.4) is 0 Å². The fourth-order valence-corrected chi connectivity index (χ4v) is 3.51. The summed E-state index contributed by atoms with van der Waals surface area (Å²) in [6.07, 6.45) is 5.89. The zero-order valence-corrected chi connectivity index (χ0v) is 14.9. The molecule has 5 nitrogen and oxygen atoms in total. The average molecular weight is 332 g/mol. The largest absolute Gasteiger partial charge is 0.353 e. The molecule has 1 aliphatic rings. The first-order chi connectivity index (χ1) is 11.3. The van der Waals surface area contributed by atoms with Crippen LogP contribution in [0.2, 0.25) is 0 Å². The van der Waals surface area contributed by atoms with Crippen molar-refractivity contribution in [3.63, 3.8) is 0 Å². The highest BCUT2D eigenvalue weighted by Gasteiger charge is 2.32. The molecule has 0 bridgehead atoms. The van der Waals surface area contributed by atoms with E-state index in [0.717, 1.165) is 24.3 Å². The van der Waals surface area contributed by atoms with Gasteiger partial charge < -0.3 is 5.32 Å². The van der Waals surface area contributed by atoms with Crippen LogP contribution in [-0.2, 0) is 11.2 Å². The van der Waals surface area contributed by atoms with Gasteiger partial charge in [-0.15, -0.1) is 0 Å². The van der Waals surface area contributed by atoms with Crippen LogP contribution in [0.1, 0.15) is 58.4 Å². The highest BCUT2D eigenvalue weighted by molar-refractivity contribution is 5.78. The van der Waals surface area contributed by atoms with Gasteiger partial charge in [0, 0.05) is 18.2 Å². The zero-order valence-electron chi connectivity index (χ0n) is 14.9. The zero-order chi connectivity index (χ0) is 17.7. The summed E-state index contributed by atoms with van der Waals surface area (Å²) < 4.78 is 0. The predicted molar refractivity (Wildman–Crippen MR) is 94.8 cm³/mol. The minimum absolute atomic E-state index is 0.00190. The van der Waals surface area contributed by atoms with E-state index >= 15 is 0 Å². The molecule has 5 heteroatoms. The molecule has 1 aromatic carbocycles. The molecule has 0 saturated heterocycles. The highest BCUT2D eigenvalue weighted by atomic mass is 16.6. The van der Waals surface area contributed by atoms with Gasteiger partial charge >= 0.3 is 0 Å². The van der Waals surface area contributed by atoms with Gasteiger partial charge in [-0.3, -0.25) is 14.9 Å². The fraction of sp³-hybridized carbons (Fsp3) is 0.632. The summed E-state index contributed by atoms with van der Waals surface area (Å²) in [5, 5.41) is 13.8. The molecule has 1 aromatic rings. The second kappa shape index (κ2) is 7.77. The van der Waals surface area contributed by atoms with Gasteiger partial charge in [0.05, 0.1) is 11.3 Å². The van der Waals surface area contributed by atoms with E-state index in [9.17, 15) is 14.9 Å². The maximum atomic E-state index is 12.2. The number of rotatable bonds is 6. The Morgan fingerprint density at radius 2 is 1.79 bits per heavy atom. The van der Waals surface area contributed by atoms with Crippen molar-refractivity contribution in [2.45, 2.75) is 65.3 Å². The van der Waals surface area contributed by atoms with Crippen LogP contribution in [0, 0.1) is 21.4 Å². The Kier molecular flexibility index (Phi) is 5.97. The van der Waals surface area contributed by atoms with Gasteiger partial charge in [-0.25, -0.2) is 0 Å². The lowest BCUT2D eigenvalue weighted by Crippen LogP contribution is -2.40. The Hall–Kier alpha value is -1.91. The third kappa shape index (κ3) is 4.79. The van der Waals surface area contributed by atoms with Gasteiger partial charge in [-0.2, -0.15) is 0 Å². The van der Waals surface area contributed by atoms with Gasteiger partial charge in [0.1, 0.15) is 0 Å². The molecule has 0 heterocycles. The number of hydrogen-bond acceptors (Lipinski definition) is 3. The number of nitrogens with zero attached hydrogens (tertiary/aromatic N) is 1. The van der Waals surface area contributed by atoms with Crippen molar-refractivity contribution < 1.29 is 9.72 Å². The minimum atomic E-state index is -0.430. The summed E-state index contributed by atoms with van der Waals surface area (Å²) in [5.74, 6) is 0.743. The number of nitrogens with one attached hydrogen (secondary N) is 1. The SMILES string of the molecule is CCC(C)(C)C1CCC(NC(=O)Cc2ccc([N+](=O)[O-])cc2)CC1. The number of non-ortho nitro benzene ring substituents is 1. The number of carbonyl (C=O) groups is 1. The monoisotopic (exact) mass is 332 g/mol. The van der Waals surface area contributed by atoms with E-state index in [1.807, 2.05) is 0 Å². The number of amides is 1. The third-order valence-electron chi connectivity index (χ3n) is 5.62. The van der Waals surface area contributed by atoms with E-state index in [0.29, 0.717) is 5.41 Å². The van der Waals surface area contributed by atoms with Gasteiger partial charge in [0.15, 0.2) is 0 Å². The molecule has 1 fully saturated rings. The van der Waals surface area contributed by atoms with Crippen LogP contribution in [0.25, 0.3) is 0 Å². The lowest BCUT2D eigenvalue weighted by Gasteiger charge is -2.39. The first-order valence-corrected chi connectivity index (χ1v) is 8.84. The maximum absolute atomic E-state index is 12.2. The second-order valence-electron chi connectivity index (χ2n) is 7.56. The first-order valence-electron chi connectivity index (χ1n) is 8.84. The number of hydrogen-bond donors (Lipinski definition) is 1. The normalized spacial score (nSPS) is 21.3. The van der Waals surface area contributed by atoms with Crippen LogP contribution in [0.5, 0.6) is 0 Å². The summed E-state index contributed by atoms with van der Waals surface area (Å²) in [6.45, 7) is 6.92. The summed E-state index contributed by atoms with van der Waals surface area (Å²) in [5.41, 5.74) is 1.24. The predicted octanol–water partition coefficient (Wildman–Crippen LogP) is 4.25. The molecule has 1 saturated carbocycles. The Balaban J connectivity index is 1.80. The molecule has 24 heavy (non-hydrogen) atoms. The van der Waals surface area contributed by atoms with Gasteiger partial charge in [-0.1, -0.05) is 39.3 Å². The summed E-state index contributed by atoms with van der Waals surface area (Å²) in [4.78, 5) is 22.4. The Morgan fingerprint density at radius 1 is 1.21 bits per heavy atom. The molecule has 2 rings (SSSR count). The molecule has 0 radical (unpaired) electrons. The van der Waals surface area contributed by atoms with Crippen LogP contribution in [-0.4, -0.2) is 16.9 Å². The van der Waals surface area contributed by atoms with E-state index in [-0.39, 0.29) is 24.1 Å². The lowest BCUT2D eigenvalue weighted by atomic mass is 9.69. The topological polar surface area (TPSA) is 72.2 Å². The number of nitro benzene ring substituents is 1. The molecular weight excluding hydrogens is 304 g/mol. The van der Waals surface area contributed by atoms with Crippen molar-refractivity contribution in [2.75, 3.05) is 0 Å². The fourth-order valence-electron chi connectivity index (χ4n) is 3.51. The molecule has 0 unspecified atom stereocenters. The first kappa shape index (κ1) is 18.4. The third-order valence-corrected chi connectivity index (χ3v) is 5.62. The lowest BCUT2D eigenvalue weighted by molar-refractivity contribution is -0.384. The summed E-state index contributed by atoms with van der Waals surface area (Å²) >= 11 is 0. The molecule has 1 aliphatic carbocycles. The van der Waals surface area contributed by atoms with Crippen molar-refractivity contribution in [3.8, 4) is 0 Å². The molecule has 0 atom stereocenters. The molecule has 1 N–H and O–H groups in total. The van der Waals surface area contributed by atoms with Gasteiger partial charge in [0.25, 0.3) is 5.69 Å². The van der Waals surface area contributed by atoms with Crippen LogP contribution < -0.4 is 5.32 Å². The Bertz CT molecular complexity index is 573. The molecule has 1 amide bonds. The van der Waals surface area contributed by atoms with E-state index in [1.54, 1.807) is 12.1 Å². The van der Waals surface area contributed by atoms with E-state index in [2.05, 4.69) is 26.1 Å². The molecule has 0 aliphatic heterocycles. The van der Waals surface area contributed by atoms with Crippen molar-refractivity contribution in [3.05, 3.63) is 39.9 Å². The standard InChI is InChI=1S/C19H28N2O3/c1-4-19(2,3)15-7-9-16(10-8-15)20-18(22)13-14-5-11-17(12-6-14)21(23)24/h5-6,11-12,15-16H,4,7-10,13H2,1-3H3,(H,20,22). The Labute approximate surface area is 144 Å². The van der Waals surface area contributed by atoms with Gasteiger partial charge in [-0.05, 0) is 42.6 Å². The number of benzene rings is 1. The molecule has 0 aromatic heterocycles. The quantitative estimate of drug-likeness (QED) is 0.625. The molecular formula is C19H28N2O3. The van der Waals surface area contributed by atoms with Crippen LogP contribution in [0.4, 0.5) is 5.69 Å². The summed E-state index contributed by atoms with van der Waals surface area (Å²) in [7, 11) is 0. The average Bonchev–Trinajstić information content (AvgIpc) is 2.55. The number of carbonyl (C=O) groups excluding carboxylic acids is 1. The maximum Gasteiger partial charge on any atom is 0.269 e. The summed E-state index contributed by atoms with van der Waals surface area (Å²) in [6, 6.07) is 6.46. The minimum Gasteiger partial charge on any atom is -0.353 e. The van der Waals surface area contributed by atoms with E-state index in [4.69, 9.17) is 0 Å². The van der Waals surface area contributed by atoms with Crippen LogP contribution >= 0.6 is 0 Å². The highest BCUT2D eigenvalue weighted by Crippen LogP contribution is 2.40. The van der Waals surface area contributed by atoms with Crippen LogP contribution in [0.15, 0.2) is 24.3 Å². The van der Waals surface area contributed by atoms with Crippen molar-refractivity contribution in [2.24, 2.45) is 11.3 Å². The Morgan fingerprint density at radius 3 is 2.29 bits per heavy atom. The molecule has 0 spiro atoms. The van der Waals surface area contributed by atoms with E-state index in [1.165, 1.54) is 31.4 Å². The van der Waals surface area contributed by atoms with Gasteiger partial charge in [0.2, 0.25) is 5.91 Å². The smallest absolute Gasteiger partial charge is 0.269 e. The second-order valence-corrected chi connectivity index (χ2v) is 7.56. The number of nitro groups is 1.